The van der Waals surface area contributed by atoms with Crippen LogP contribution < -0.4 is 5.32 Å². The van der Waals surface area contributed by atoms with Crippen LogP contribution in [0, 0.1) is 11.7 Å². The van der Waals surface area contributed by atoms with E-state index in [-0.39, 0.29) is 5.82 Å². The van der Waals surface area contributed by atoms with Gasteiger partial charge in [0, 0.05) is 0 Å². The highest BCUT2D eigenvalue weighted by molar-refractivity contribution is 5.18. The molecule has 1 atom stereocenters. The highest BCUT2D eigenvalue weighted by Gasteiger charge is 2.21. The van der Waals surface area contributed by atoms with Gasteiger partial charge in [-0.3, -0.25) is 0 Å². The summed E-state index contributed by atoms with van der Waals surface area (Å²) in [4.78, 5) is 0. The molecule has 3 heteroatoms. The first-order chi connectivity index (χ1) is 6.75. The van der Waals surface area contributed by atoms with Crippen LogP contribution in [-0.4, -0.2) is 18.2 Å². The Morgan fingerprint density at radius 2 is 2.00 bits per heavy atom. The predicted molar refractivity (Wildman–Crippen MR) is 52.3 cm³/mol. The maximum atomic E-state index is 12.6. The first-order valence-electron chi connectivity index (χ1n) is 4.90. The molecule has 1 aromatic carbocycles. The number of aliphatic hydroxyl groups is 1. The van der Waals surface area contributed by atoms with Crippen LogP contribution in [0.3, 0.4) is 0 Å². The van der Waals surface area contributed by atoms with Crippen molar-refractivity contribution in [3.63, 3.8) is 0 Å². The van der Waals surface area contributed by atoms with Gasteiger partial charge in [0.05, 0.1) is 6.10 Å². The average Bonchev–Trinajstić information content (AvgIpc) is 2.12. The van der Waals surface area contributed by atoms with E-state index in [0.29, 0.717) is 5.92 Å². The van der Waals surface area contributed by atoms with Gasteiger partial charge in [-0.1, -0.05) is 12.1 Å². The molecular weight excluding hydrogens is 181 g/mol. The molecule has 1 heterocycles. The molecule has 0 amide bonds. The zero-order valence-corrected chi connectivity index (χ0v) is 7.91. The Kier molecular flexibility index (Phi) is 2.79. The molecule has 1 saturated heterocycles. The van der Waals surface area contributed by atoms with Gasteiger partial charge in [-0.2, -0.15) is 0 Å². The van der Waals surface area contributed by atoms with Crippen molar-refractivity contribution in [3.8, 4) is 0 Å². The van der Waals surface area contributed by atoms with Crippen LogP contribution in [0.1, 0.15) is 18.1 Å². The second-order valence-corrected chi connectivity index (χ2v) is 3.83. The van der Waals surface area contributed by atoms with Crippen molar-refractivity contribution in [1.29, 1.82) is 0 Å². The molecule has 1 aliphatic rings. The molecule has 1 unspecified atom stereocenters. The Bertz CT molecular complexity index is 295. The van der Waals surface area contributed by atoms with Gasteiger partial charge in [0.25, 0.3) is 0 Å². The lowest BCUT2D eigenvalue weighted by Gasteiger charge is -2.29. The van der Waals surface area contributed by atoms with Crippen LogP contribution in [-0.2, 0) is 0 Å². The lowest BCUT2D eigenvalue weighted by atomic mass is 9.93. The van der Waals surface area contributed by atoms with Gasteiger partial charge >= 0.3 is 0 Å². The number of benzene rings is 1. The normalized spacial score (nSPS) is 19.0. The lowest BCUT2D eigenvalue weighted by Crippen LogP contribution is -2.42. The molecule has 1 fully saturated rings. The molecule has 76 valence electrons. The number of hydrogen-bond donors (Lipinski definition) is 2. The van der Waals surface area contributed by atoms with Crippen LogP contribution in [0.2, 0.25) is 0 Å². The summed E-state index contributed by atoms with van der Waals surface area (Å²) in [6.07, 6.45) is 0.307. The first kappa shape index (κ1) is 9.62. The number of rotatable bonds is 3. The lowest BCUT2D eigenvalue weighted by molar-refractivity contribution is 0.127. The maximum Gasteiger partial charge on any atom is 0.123 e. The summed E-state index contributed by atoms with van der Waals surface area (Å²) in [7, 11) is 0. The Labute approximate surface area is 82.8 Å². The molecule has 2 N–H and O–H groups in total. The largest absolute Gasteiger partial charge is 0.388 e. The van der Waals surface area contributed by atoms with Crippen molar-refractivity contribution in [1.82, 2.24) is 5.32 Å². The van der Waals surface area contributed by atoms with E-state index < -0.39 is 6.10 Å². The van der Waals surface area contributed by atoms with Gasteiger partial charge in [0.1, 0.15) is 5.82 Å². The number of hydrogen-bond acceptors (Lipinski definition) is 2. The Morgan fingerprint density at radius 1 is 1.36 bits per heavy atom. The molecule has 14 heavy (non-hydrogen) atoms. The quantitative estimate of drug-likeness (QED) is 0.765. The number of aliphatic hydroxyl groups excluding tert-OH is 1. The average molecular weight is 195 g/mol. The third-order valence-electron chi connectivity index (χ3n) is 2.68. The maximum absolute atomic E-state index is 12.6. The molecule has 2 nitrogen and oxygen atoms in total. The first-order valence-corrected chi connectivity index (χ1v) is 4.90. The molecule has 0 spiro atoms. The minimum atomic E-state index is -0.456. The zero-order valence-electron chi connectivity index (χ0n) is 7.91. The van der Waals surface area contributed by atoms with Gasteiger partial charge in [0.15, 0.2) is 0 Å². The highest BCUT2D eigenvalue weighted by Crippen LogP contribution is 2.23. The summed E-state index contributed by atoms with van der Waals surface area (Å²) < 4.78 is 12.6. The summed E-state index contributed by atoms with van der Waals surface area (Å²) in [6, 6.07) is 6.06. The fraction of sp³-hybridized carbons (Fsp3) is 0.455. The van der Waals surface area contributed by atoms with E-state index in [0.717, 1.165) is 25.1 Å². The summed E-state index contributed by atoms with van der Waals surface area (Å²) >= 11 is 0. The molecule has 0 radical (unpaired) electrons. The van der Waals surface area contributed by atoms with Gasteiger partial charge < -0.3 is 10.4 Å². The molecule has 0 aromatic heterocycles. The monoisotopic (exact) mass is 195 g/mol. The number of nitrogens with one attached hydrogen (secondary N) is 1. The summed E-state index contributed by atoms with van der Waals surface area (Å²) in [6.45, 7) is 1.97. The smallest absolute Gasteiger partial charge is 0.123 e. The second kappa shape index (κ2) is 4.07. The molecular formula is C11H14FNO. The van der Waals surface area contributed by atoms with Crippen LogP contribution in [0.4, 0.5) is 4.39 Å². The Hall–Kier alpha value is -0.930. The Balaban J connectivity index is 1.95. The minimum absolute atomic E-state index is 0.258. The van der Waals surface area contributed by atoms with E-state index in [4.69, 9.17) is 0 Å². The molecule has 0 aliphatic carbocycles. The standard InChI is InChI=1S/C11H14FNO/c12-10-3-1-9(2-4-10)11(14)5-8-6-13-7-8/h1-4,8,11,13-14H,5-7H2. The van der Waals surface area contributed by atoms with E-state index >= 15 is 0 Å². The third-order valence-corrected chi connectivity index (χ3v) is 2.68. The van der Waals surface area contributed by atoms with Gasteiger partial charge in [-0.05, 0) is 43.1 Å². The minimum Gasteiger partial charge on any atom is -0.388 e. The highest BCUT2D eigenvalue weighted by atomic mass is 19.1. The van der Waals surface area contributed by atoms with Gasteiger partial charge in [-0.15, -0.1) is 0 Å². The van der Waals surface area contributed by atoms with Crippen molar-refractivity contribution in [2.45, 2.75) is 12.5 Å². The second-order valence-electron chi connectivity index (χ2n) is 3.83. The van der Waals surface area contributed by atoms with Crippen LogP contribution in [0.25, 0.3) is 0 Å². The predicted octanol–water partition coefficient (Wildman–Crippen LogP) is 1.47. The molecule has 2 rings (SSSR count). The topological polar surface area (TPSA) is 32.3 Å². The summed E-state index contributed by atoms with van der Waals surface area (Å²) in [5.41, 5.74) is 0.804. The molecule has 0 bridgehead atoms. The van der Waals surface area contributed by atoms with Gasteiger partial charge in [-0.25, -0.2) is 4.39 Å². The SMILES string of the molecule is OC(CC1CNC1)c1ccc(F)cc1. The van der Waals surface area contributed by atoms with Crippen molar-refractivity contribution < 1.29 is 9.50 Å². The van der Waals surface area contributed by atoms with Crippen LogP contribution in [0.15, 0.2) is 24.3 Å². The Morgan fingerprint density at radius 3 is 2.50 bits per heavy atom. The number of halogens is 1. The van der Waals surface area contributed by atoms with Gasteiger partial charge in [0.2, 0.25) is 0 Å². The molecule has 0 saturated carbocycles. The molecule has 1 aromatic rings. The van der Waals surface area contributed by atoms with Crippen molar-refractivity contribution >= 4 is 0 Å². The fourth-order valence-corrected chi connectivity index (χ4v) is 1.65. The van der Waals surface area contributed by atoms with Crippen molar-refractivity contribution in [2.75, 3.05) is 13.1 Å². The fourth-order valence-electron chi connectivity index (χ4n) is 1.65. The zero-order chi connectivity index (χ0) is 9.97. The van der Waals surface area contributed by atoms with E-state index in [1.165, 1.54) is 12.1 Å². The van der Waals surface area contributed by atoms with E-state index in [1.807, 2.05) is 0 Å². The van der Waals surface area contributed by atoms with Crippen molar-refractivity contribution in [3.05, 3.63) is 35.6 Å². The van der Waals surface area contributed by atoms with E-state index in [2.05, 4.69) is 5.32 Å². The van der Waals surface area contributed by atoms with E-state index in [9.17, 15) is 9.50 Å². The molecule has 1 aliphatic heterocycles. The van der Waals surface area contributed by atoms with Crippen LogP contribution >= 0.6 is 0 Å². The van der Waals surface area contributed by atoms with Crippen LogP contribution in [0.5, 0.6) is 0 Å². The third kappa shape index (κ3) is 2.11. The van der Waals surface area contributed by atoms with E-state index in [1.54, 1.807) is 12.1 Å². The summed E-state index contributed by atoms with van der Waals surface area (Å²) in [5.74, 6) is 0.307. The summed E-state index contributed by atoms with van der Waals surface area (Å²) in [5, 5.41) is 13.0. The van der Waals surface area contributed by atoms with Crippen molar-refractivity contribution in [2.24, 2.45) is 5.92 Å².